The highest BCUT2D eigenvalue weighted by Crippen LogP contribution is 2.25. The molecule has 5 heteroatoms. The maximum atomic E-state index is 12.3. The normalized spacial score (nSPS) is 24.2. The summed E-state index contributed by atoms with van der Waals surface area (Å²) < 4.78 is 0. The number of amides is 1. The third-order valence-corrected chi connectivity index (χ3v) is 6.73. The molecule has 1 aromatic heterocycles. The molecule has 0 radical (unpaired) electrons. The van der Waals surface area contributed by atoms with E-state index in [1.54, 1.807) is 0 Å². The van der Waals surface area contributed by atoms with Crippen LogP contribution >= 0.6 is 11.3 Å². The molecule has 24 heavy (non-hydrogen) atoms. The fourth-order valence-electron chi connectivity index (χ4n) is 3.93. The third-order valence-electron chi connectivity index (χ3n) is 5.70. The number of thiophene rings is 1. The van der Waals surface area contributed by atoms with Crippen LogP contribution in [0.5, 0.6) is 0 Å². The minimum Gasteiger partial charge on any atom is -0.355 e. The number of carbonyl (C=O) groups excluding carboxylic acids is 1. The van der Waals surface area contributed by atoms with Gasteiger partial charge in [0.2, 0.25) is 5.91 Å². The molecule has 2 aliphatic rings. The lowest BCUT2D eigenvalue weighted by molar-refractivity contribution is -0.122. The summed E-state index contributed by atoms with van der Waals surface area (Å²) in [6.45, 7) is 9.55. The molecule has 3 unspecified atom stereocenters. The van der Waals surface area contributed by atoms with Gasteiger partial charge in [-0.15, -0.1) is 11.3 Å². The van der Waals surface area contributed by atoms with Gasteiger partial charge in [0, 0.05) is 37.0 Å². The van der Waals surface area contributed by atoms with Crippen LogP contribution in [-0.4, -0.2) is 43.0 Å². The summed E-state index contributed by atoms with van der Waals surface area (Å²) in [6, 6.07) is 2.64. The zero-order valence-corrected chi connectivity index (χ0v) is 15.8. The average Bonchev–Trinajstić information content (AvgIpc) is 3.08. The molecule has 1 amide bonds. The number of nitrogens with zero attached hydrogens (tertiary/aromatic N) is 1. The SMILES string of the molecule is CC(CC(=O)NCC(C)N1CCc2sccc2C1)C1CCCNC1. The standard InChI is InChI=1S/C19H31N3OS/c1-14(16-4-3-7-20-12-16)10-19(23)21-11-15(2)22-8-5-18-17(13-22)6-9-24-18/h6,9,14-16,20H,3-5,7-8,10-13H2,1-2H3,(H,21,23). The Morgan fingerprint density at radius 2 is 2.38 bits per heavy atom. The zero-order valence-electron chi connectivity index (χ0n) is 15.0. The van der Waals surface area contributed by atoms with Crippen molar-refractivity contribution in [2.24, 2.45) is 11.8 Å². The molecule has 2 N–H and O–H groups in total. The van der Waals surface area contributed by atoms with Crippen molar-refractivity contribution in [3.05, 3.63) is 21.9 Å². The Morgan fingerprint density at radius 1 is 1.50 bits per heavy atom. The highest BCUT2D eigenvalue weighted by molar-refractivity contribution is 7.10. The predicted octanol–water partition coefficient (Wildman–Crippen LogP) is 2.64. The summed E-state index contributed by atoms with van der Waals surface area (Å²) in [6.07, 6.45) is 4.31. The Hall–Kier alpha value is -0.910. The first-order valence-electron chi connectivity index (χ1n) is 9.40. The van der Waals surface area contributed by atoms with Crippen LogP contribution in [-0.2, 0) is 17.8 Å². The molecular formula is C19H31N3OS. The van der Waals surface area contributed by atoms with Crippen molar-refractivity contribution in [1.29, 1.82) is 0 Å². The number of rotatable bonds is 6. The maximum absolute atomic E-state index is 12.3. The number of hydrogen-bond donors (Lipinski definition) is 2. The Morgan fingerprint density at radius 3 is 3.17 bits per heavy atom. The van der Waals surface area contributed by atoms with Crippen LogP contribution in [0, 0.1) is 11.8 Å². The van der Waals surface area contributed by atoms with Gasteiger partial charge < -0.3 is 10.6 Å². The van der Waals surface area contributed by atoms with E-state index in [1.165, 1.54) is 23.3 Å². The van der Waals surface area contributed by atoms with E-state index < -0.39 is 0 Å². The van der Waals surface area contributed by atoms with Crippen LogP contribution in [0.3, 0.4) is 0 Å². The summed E-state index contributed by atoms with van der Waals surface area (Å²) in [7, 11) is 0. The second-order valence-corrected chi connectivity index (χ2v) is 8.53. The van der Waals surface area contributed by atoms with E-state index in [1.807, 2.05) is 11.3 Å². The van der Waals surface area contributed by atoms with Crippen LogP contribution in [0.1, 0.15) is 43.6 Å². The fraction of sp³-hybridized carbons (Fsp3) is 0.737. The van der Waals surface area contributed by atoms with E-state index in [4.69, 9.17) is 0 Å². The quantitative estimate of drug-likeness (QED) is 0.830. The minimum absolute atomic E-state index is 0.216. The largest absolute Gasteiger partial charge is 0.355 e. The minimum atomic E-state index is 0.216. The van der Waals surface area contributed by atoms with E-state index >= 15 is 0 Å². The van der Waals surface area contributed by atoms with Gasteiger partial charge in [-0.25, -0.2) is 0 Å². The van der Waals surface area contributed by atoms with Crippen LogP contribution in [0.25, 0.3) is 0 Å². The Bertz CT molecular complexity index is 538. The molecule has 0 saturated carbocycles. The molecule has 0 aromatic carbocycles. The van der Waals surface area contributed by atoms with Crippen molar-refractivity contribution >= 4 is 17.2 Å². The molecule has 3 heterocycles. The van der Waals surface area contributed by atoms with E-state index in [-0.39, 0.29) is 5.91 Å². The van der Waals surface area contributed by atoms with E-state index in [0.717, 1.165) is 39.1 Å². The van der Waals surface area contributed by atoms with E-state index in [0.29, 0.717) is 24.3 Å². The molecule has 0 aliphatic carbocycles. The topological polar surface area (TPSA) is 44.4 Å². The predicted molar refractivity (Wildman–Crippen MR) is 100 cm³/mol. The Balaban J connectivity index is 1.39. The molecule has 4 nitrogen and oxygen atoms in total. The summed E-state index contributed by atoms with van der Waals surface area (Å²) >= 11 is 1.88. The summed E-state index contributed by atoms with van der Waals surface area (Å²) in [5.41, 5.74) is 1.47. The first-order valence-corrected chi connectivity index (χ1v) is 10.3. The number of fused-ring (bicyclic) bond motifs is 1. The van der Waals surface area contributed by atoms with Gasteiger partial charge in [0.1, 0.15) is 0 Å². The molecule has 1 fully saturated rings. The van der Waals surface area contributed by atoms with Crippen LogP contribution in [0.15, 0.2) is 11.4 Å². The lowest BCUT2D eigenvalue weighted by Gasteiger charge is -2.33. The molecule has 134 valence electrons. The second kappa shape index (κ2) is 8.45. The van der Waals surface area contributed by atoms with Gasteiger partial charge in [0.05, 0.1) is 0 Å². The van der Waals surface area contributed by atoms with Gasteiger partial charge in [-0.05, 0) is 68.1 Å². The van der Waals surface area contributed by atoms with Gasteiger partial charge in [-0.1, -0.05) is 6.92 Å². The zero-order chi connectivity index (χ0) is 16.9. The van der Waals surface area contributed by atoms with Crippen LogP contribution in [0.4, 0.5) is 0 Å². The molecule has 2 aliphatic heterocycles. The van der Waals surface area contributed by atoms with Gasteiger partial charge in [-0.3, -0.25) is 9.69 Å². The Labute approximate surface area is 150 Å². The molecular weight excluding hydrogens is 318 g/mol. The fourth-order valence-corrected chi connectivity index (χ4v) is 4.82. The van der Waals surface area contributed by atoms with Gasteiger partial charge >= 0.3 is 0 Å². The van der Waals surface area contributed by atoms with Crippen molar-refractivity contribution in [1.82, 2.24) is 15.5 Å². The van der Waals surface area contributed by atoms with E-state index in [2.05, 4.69) is 40.8 Å². The summed E-state index contributed by atoms with van der Waals surface area (Å²) in [5, 5.41) is 8.82. The lowest BCUT2D eigenvalue weighted by Crippen LogP contribution is -2.44. The molecule has 0 spiro atoms. The lowest BCUT2D eigenvalue weighted by atomic mass is 9.85. The van der Waals surface area contributed by atoms with E-state index in [9.17, 15) is 4.79 Å². The smallest absolute Gasteiger partial charge is 0.220 e. The molecule has 1 aromatic rings. The monoisotopic (exact) mass is 349 g/mol. The first-order chi connectivity index (χ1) is 11.6. The Kier molecular flexibility index (Phi) is 6.31. The van der Waals surface area contributed by atoms with Crippen molar-refractivity contribution < 1.29 is 4.79 Å². The van der Waals surface area contributed by atoms with Gasteiger partial charge in [-0.2, -0.15) is 0 Å². The molecule has 3 rings (SSSR count). The van der Waals surface area contributed by atoms with Crippen molar-refractivity contribution in [3.8, 4) is 0 Å². The van der Waals surface area contributed by atoms with Crippen LogP contribution < -0.4 is 10.6 Å². The first kappa shape index (κ1) is 17.9. The van der Waals surface area contributed by atoms with Crippen molar-refractivity contribution in [2.75, 3.05) is 26.2 Å². The second-order valence-electron chi connectivity index (χ2n) is 7.53. The number of carbonyl (C=O) groups is 1. The number of hydrogen-bond acceptors (Lipinski definition) is 4. The third kappa shape index (κ3) is 4.58. The van der Waals surface area contributed by atoms with Crippen molar-refractivity contribution in [2.45, 2.75) is 52.1 Å². The molecule has 0 bridgehead atoms. The molecule has 1 saturated heterocycles. The van der Waals surface area contributed by atoms with Crippen LogP contribution in [0.2, 0.25) is 0 Å². The highest BCUT2D eigenvalue weighted by atomic mass is 32.1. The highest BCUT2D eigenvalue weighted by Gasteiger charge is 2.24. The average molecular weight is 350 g/mol. The van der Waals surface area contributed by atoms with Crippen molar-refractivity contribution in [3.63, 3.8) is 0 Å². The molecule has 3 atom stereocenters. The van der Waals surface area contributed by atoms with Gasteiger partial charge in [0.15, 0.2) is 0 Å². The maximum Gasteiger partial charge on any atom is 0.220 e. The summed E-state index contributed by atoms with van der Waals surface area (Å²) in [5.74, 6) is 1.34. The van der Waals surface area contributed by atoms with Gasteiger partial charge in [0.25, 0.3) is 0 Å². The number of piperidine rings is 1. The summed E-state index contributed by atoms with van der Waals surface area (Å²) in [4.78, 5) is 16.3. The number of nitrogens with one attached hydrogen (secondary N) is 2.